The molecule has 0 saturated carbocycles. The molecule has 11 heteroatoms. The molecule has 2 aliphatic rings. The van der Waals surface area contributed by atoms with Gasteiger partial charge >= 0.3 is 12.0 Å². The fourth-order valence-corrected chi connectivity index (χ4v) is 8.73. The Morgan fingerprint density at radius 3 is 1.79 bits per heavy atom. The first-order valence-electron chi connectivity index (χ1n) is 23.7. The maximum Gasteiger partial charge on any atom is 0.456 e. The number of benzodiazepines with no additional fused rings is 2. The number of carbonyl (C=O) groups is 3. The van der Waals surface area contributed by atoms with E-state index in [9.17, 15) is 9.59 Å². The zero-order chi connectivity index (χ0) is 50.3. The Morgan fingerprint density at radius 1 is 0.676 bits per heavy atom. The third kappa shape index (κ3) is 10.5. The number of anilines is 1. The largest absolute Gasteiger partial charge is 0.496 e. The monoisotopic (exact) mass is 944 g/mol. The molecule has 2 aliphatic heterocycles. The minimum Gasteiger partial charge on any atom is -0.496 e. The first-order valence-corrected chi connectivity index (χ1v) is 23.7. The van der Waals surface area contributed by atoms with Crippen molar-refractivity contribution in [2.24, 2.45) is 9.98 Å². The van der Waals surface area contributed by atoms with Crippen molar-refractivity contribution in [3.63, 3.8) is 0 Å². The van der Waals surface area contributed by atoms with E-state index >= 15 is 4.79 Å². The molecule has 0 fully saturated rings. The van der Waals surface area contributed by atoms with E-state index in [2.05, 4.69) is 30.6 Å². The van der Waals surface area contributed by atoms with Crippen molar-refractivity contribution in [2.75, 3.05) is 52.8 Å². The molecule has 0 aliphatic carbocycles. The predicted molar refractivity (Wildman–Crippen MR) is 283 cm³/mol. The number of methoxy groups -OCH3 is 2. The van der Waals surface area contributed by atoms with Gasteiger partial charge in [0.05, 0.1) is 36.9 Å². The Labute approximate surface area is 417 Å². The van der Waals surface area contributed by atoms with Gasteiger partial charge in [-0.25, -0.2) is 9.59 Å². The number of quaternary nitrogens is 1. The first-order chi connectivity index (χ1) is 34.2. The van der Waals surface area contributed by atoms with Crippen LogP contribution in [0.5, 0.6) is 11.5 Å². The zero-order valence-corrected chi connectivity index (χ0v) is 41.6. The van der Waals surface area contributed by atoms with E-state index in [1.165, 1.54) is 5.01 Å². The SMILES string of the molecule is CCCCC#Cc1cccc(C2=NCC(=O)[N+](C)(N(CC#Cc3cccc(C4=NCC(=O)N(C)c5cc(OC)c(-c6ccccc6)cc54)c3)C(=O)OC(C)(C)C)c3cc(OC)c(-c4ccccc4)cc32)c1. The lowest BCUT2D eigenvalue weighted by Crippen LogP contribution is -2.66. The second-order valence-corrected chi connectivity index (χ2v) is 18.4. The fourth-order valence-electron chi connectivity index (χ4n) is 8.73. The van der Waals surface area contributed by atoms with E-state index in [0.717, 1.165) is 63.8 Å². The first kappa shape index (κ1) is 49.2. The van der Waals surface area contributed by atoms with E-state index in [4.69, 9.17) is 24.2 Å². The summed E-state index contributed by atoms with van der Waals surface area (Å²) in [6.45, 7) is 6.96. The van der Waals surface area contributed by atoms with Crippen LogP contribution in [0.25, 0.3) is 22.3 Å². The highest BCUT2D eigenvalue weighted by molar-refractivity contribution is 6.21. The number of carbonyl (C=O) groups excluding carboxylic acids is 3. The lowest BCUT2D eigenvalue weighted by Gasteiger charge is -2.39. The standard InChI is InChI=1S/C60H58N5O6/c1-9-10-11-14-22-41-23-19-31-46(33-41)58-50-36-48(44-28-17-13-18-29-44)54(70-8)38-52(50)65(6,56(67)40-62-58)64(59(68)71-60(2,3)4)32-21-25-42-24-20-30-45(34-42)57-49-35-47(43-26-15-12-16-27-43)53(69-7)37-51(49)63(5)55(66)39-61-57/h12-13,15-20,23-24,26-31,33-38H,9-11,32,39-40H2,1-8H3/q+1. The number of ether oxygens (including phenoxy) is 3. The van der Waals surface area contributed by atoms with Gasteiger partial charge in [-0.15, -0.1) is 9.60 Å². The molecule has 6 aromatic carbocycles. The van der Waals surface area contributed by atoms with Crippen LogP contribution in [0.4, 0.5) is 16.2 Å². The molecule has 1 atom stereocenters. The van der Waals surface area contributed by atoms with Crippen molar-refractivity contribution in [1.82, 2.24) is 9.60 Å². The molecule has 0 saturated heterocycles. The van der Waals surface area contributed by atoms with Crippen LogP contribution in [0.1, 0.15) is 80.3 Å². The van der Waals surface area contributed by atoms with Gasteiger partial charge in [-0.3, -0.25) is 14.8 Å². The number of hydrogen-bond donors (Lipinski definition) is 0. The number of aliphatic imine (C=N–C) groups is 2. The topological polar surface area (TPSA) is 110 Å². The molecule has 0 N–H and O–H groups in total. The van der Waals surface area contributed by atoms with E-state index in [1.54, 1.807) is 54.0 Å². The van der Waals surface area contributed by atoms with Gasteiger partial charge in [0.15, 0.2) is 12.2 Å². The van der Waals surface area contributed by atoms with E-state index in [0.29, 0.717) is 45.4 Å². The molecule has 2 heterocycles. The molecule has 8 rings (SSSR count). The van der Waals surface area contributed by atoms with E-state index in [-0.39, 0.29) is 25.5 Å². The summed E-state index contributed by atoms with van der Waals surface area (Å²) in [6, 6.07) is 43.0. The number of amides is 3. The van der Waals surface area contributed by atoms with Crippen LogP contribution in [0.15, 0.2) is 143 Å². The summed E-state index contributed by atoms with van der Waals surface area (Å²) in [7, 11) is 6.63. The number of nitrogens with zero attached hydrogens (tertiary/aromatic N) is 5. The molecule has 0 spiro atoms. The average molecular weight is 945 g/mol. The molecule has 1 unspecified atom stereocenters. The van der Waals surface area contributed by atoms with E-state index < -0.39 is 22.2 Å². The van der Waals surface area contributed by atoms with Gasteiger partial charge in [0.1, 0.15) is 37.2 Å². The van der Waals surface area contributed by atoms with Crippen LogP contribution < -0.4 is 19.0 Å². The molecular weight excluding hydrogens is 887 g/mol. The lowest BCUT2D eigenvalue weighted by atomic mass is 9.93. The number of hydrogen-bond acceptors (Lipinski definition) is 8. The molecular formula is C60H58N5O6+. The Morgan fingerprint density at radius 2 is 1.21 bits per heavy atom. The quantitative estimate of drug-likeness (QED) is 0.0768. The van der Waals surface area contributed by atoms with Crippen molar-refractivity contribution < 1.29 is 28.6 Å². The maximum atomic E-state index is 15.1. The van der Waals surface area contributed by atoms with Crippen LogP contribution in [0, 0.1) is 23.7 Å². The molecule has 71 heavy (non-hydrogen) atoms. The average Bonchev–Trinajstić information content (AvgIpc) is 3.57. The van der Waals surface area contributed by atoms with Crippen LogP contribution in [-0.2, 0) is 14.3 Å². The predicted octanol–water partition coefficient (Wildman–Crippen LogP) is 10.9. The Kier molecular flexibility index (Phi) is 14.7. The summed E-state index contributed by atoms with van der Waals surface area (Å²) in [6.07, 6.45) is 2.11. The summed E-state index contributed by atoms with van der Waals surface area (Å²) in [5.74, 6) is 13.7. The Hall–Kier alpha value is -8.25. The molecule has 0 aromatic heterocycles. The van der Waals surface area contributed by atoms with Gasteiger partial charge in [-0.05, 0) is 74.7 Å². The lowest BCUT2D eigenvalue weighted by molar-refractivity contribution is -0.140. The number of likely N-dealkylation sites (N-methyl/N-ethyl adjacent to an activating group) is 2. The third-order valence-corrected chi connectivity index (χ3v) is 12.5. The van der Waals surface area contributed by atoms with Crippen molar-refractivity contribution in [3.05, 3.63) is 167 Å². The molecule has 6 aromatic rings. The van der Waals surface area contributed by atoms with Gasteiger partial charge in [0, 0.05) is 64.5 Å². The third-order valence-electron chi connectivity index (χ3n) is 12.5. The molecule has 358 valence electrons. The van der Waals surface area contributed by atoms with Crippen LogP contribution in [-0.4, -0.2) is 87.9 Å². The second-order valence-electron chi connectivity index (χ2n) is 18.4. The van der Waals surface area contributed by atoms with Crippen molar-refractivity contribution in [3.8, 4) is 57.4 Å². The van der Waals surface area contributed by atoms with Gasteiger partial charge in [-0.1, -0.05) is 122 Å². The number of rotatable bonds is 10. The van der Waals surface area contributed by atoms with Gasteiger partial charge in [0.2, 0.25) is 5.91 Å². The second kappa shape index (κ2) is 21.2. The van der Waals surface area contributed by atoms with Gasteiger partial charge in [-0.2, -0.15) is 0 Å². The molecule has 11 nitrogen and oxygen atoms in total. The van der Waals surface area contributed by atoms with Crippen LogP contribution in [0.3, 0.4) is 0 Å². The minimum atomic E-state index is -0.918. The number of fused-ring (bicyclic) bond motifs is 2. The highest BCUT2D eigenvalue weighted by atomic mass is 16.6. The Bertz CT molecular complexity index is 3210. The number of benzene rings is 6. The summed E-state index contributed by atoms with van der Waals surface area (Å²) in [5, 5.41) is 1.35. The molecule has 0 bridgehead atoms. The van der Waals surface area contributed by atoms with Crippen LogP contribution >= 0.6 is 0 Å². The Balaban J connectivity index is 1.23. The summed E-state index contributed by atoms with van der Waals surface area (Å²) < 4.78 is 17.4. The van der Waals surface area contributed by atoms with Crippen LogP contribution in [0.2, 0.25) is 0 Å². The van der Waals surface area contributed by atoms with Gasteiger partial charge < -0.3 is 19.1 Å². The highest BCUT2D eigenvalue weighted by Gasteiger charge is 2.49. The van der Waals surface area contributed by atoms with Crippen molar-refractivity contribution in [1.29, 1.82) is 0 Å². The highest BCUT2D eigenvalue weighted by Crippen LogP contribution is 2.43. The summed E-state index contributed by atoms with van der Waals surface area (Å²) in [5.41, 5.74) is 9.24. The van der Waals surface area contributed by atoms with E-state index in [1.807, 2.05) is 133 Å². The minimum absolute atomic E-state index is 0.0576. The smallest absolute Gasteiger partial charge is 0.456 e. The van der Waals surface area contributed by atoms with Crippen molar-refractivity contribution >= 4 is 40.7 Å². The normalized spacial score (nSPS) is 15.2. The maximum absolute atomic E-state index is 15.1. The number of unbranched alkanes of at least 4 members (excludes halogenated alkanes) is 2. The van der Waals surface area contributed by atoms with Gasteiger partial charge in [0.25, 0.3) is 0 Å². The summed E-state index contributed by atoms with van der Waals surface area (Å²) >= 11 is 0. The molecule has 3 amide bonds. The fraction of sp³-hybridized carbons (Fsp3) is 0.250. The van der Waals surface area contributed by atoms with Crippen molar-refractivity contribution in [2.45, 2.75) is 52.6 Å². The summed E-state index contributed by atoms with van der Waals surface area (Å²) in [4.78, 5) is 54.6. The molecule has 0 radical (unpaired) electrons. The zero-order valence-electron chi connectivity index (χ0n) is 41.6.